The maximum atomic E-state index is 13.1. The molecule has 0 radical (unpaired) electrons. The van der Waals surface area contributed by atoms with Crippen molar-refractivity contribution < 1.29 is 14.3 Å². The van der Waals surface area contributed by atoms with Crippen LogP contribution >= 0.6 is 0 Å². The van der Waals surface area contributed by atoms with Crippen LogP contribution in [0.2, 0.25) is 0 Å². The molecule has 1 fully saturated rings. The van der Waals surface area contributed by atoms with Crippen molar-refractivity contribution in [1.29, 1.82) is 0 Å². The van der Waals surface area contributed by atoms with E-state index in [2.05, 4.69) is 29.2 Å². The Kier molecular flexibility index (Phi) is 5.41. The molecule has 0 unspecified atom stereocenters. The lowest BCUT2D eigenvalue weighted by molar-refractivity contribution is -0.129. The summed E-state index contributed by atoms with van der Waals surface area (Å²) < 4.78 is 6.06. The number of nitrogens with zero attached hydrogens (tertiary/aromatic N) is 3. The summed E-state index contributed by atoms with van der Waals surface area (Å²) in [6, 6.07) is 14.5. The molecule has 32 heavy (non-hydrogen) atoms. The summed E-state index contributed by atoms with van der Waals surface area (Å²) >= 11 is 0. The summed E-state index contributed by atoms with van der Waals surface area (Å²) in [7, 11) is 1.90. The van der Waals surface area contributed by atoms with Crippen LogP contribution in [0.5, 0.6) is 5.75 Å². The Morgan fingerprint density at radius 3 is 2.62 bits per heavy atom. The summed E-state index contributed by atoms with van der Waals surface area (Å²) in [4.78, 5) is 30.8. The molecule has 1 saturated heterocycles. The van der Waals surface area contributed by atoms with E-state index in [9.17, 15) is 9.59 Å². The van der Waals surface area contributed by atoms with Gasteiger partial charge in [-0.2, -0.15) is 0 Å². The predicted molar refractivity (Wildman–Crippen MR) is 124 cm³/mol. The fraction of sp³-hybridized carbons (Fsp3) is 0.462. The molecule has 5 rings (SSSR count). The highest BCUT2D eigenvalue weighted by Crippen LogP contribution is 2.47. The Bertz CT molecular complexity index is 1040. The molecule has 168 valence electrons. The number of benzene rings is 2. The minimum absolute atomic E-state index is 0.133. The number of likely N-dealkylation sites (N-methyl/N-ethyl adjacent to an activating group) is 1. The lowest BCUT2D eigenvalue weighted by Gasteiger charge is -2.38. The number of hydrogen-bond donors (Lipinski definition) is 0. The monoisotopic (exact) mass is 433 g/mol. The van der Waals surface area contributed by atoms with Gasteiger partial charge >= 0.3 is 0 Å². The van der Waals surface area contributed by atoms with Crippen LogP contribution in [0.3, 0.4) is 0 Å². The first-order valence-corrected chi connectivity index (χ1v) is 11.6. The minimum Gasteiger partial charge on any atom is -0.492 e. The van der Waals surface area contributed by atoms with Crippen molar-refractivity contribution in [3.8, 4) is 5.75 Å². The van der Waals surface area contributed by atoms with Crippen molar-refractivity contribution in [1.82, 2.24) is 9.80 Å². The molecule has 2 amide bonds. The molecule has 0 saturated carbocycles. The number of carbonyl (C=O) groups is 2. The highest BCUT2D eigenvalue weighted by Gasteiger charge is 2.50. The van der Waals surface area contributed by atoms with Gasteiger partial charge in [-0.05, 0) is 67.2 Å². The van der Waals surface area contributed by atoms with Crippen LogP contribution < -0.4 is 9.64 Å². The zero-order valence-electron chi connectivity index (χ0n) is 19.0. The largest absolute Gasteiger partial charge is 0.492 e. The molecule has 6 nitrogen and oxygen atoms in total. The summed E-state index contributed by atoms with van der Waals surface area (Å²) in [5.74, 6) is 1.27. The Labute approximate surface area is 189 Å². The van der Waals surface area contributed by atoms with E-state index in [1.54, 1.807) is 6.92 Å². The summed E-state index contributed by atoms with van der Waals surface area (Å²) in [5.41, 5.74) is 4.40. The number of rotatable bonds is 4. The van der Waals surface area contributed by atoms with Crippen LogP contribution in [0.15, 0.2) is 42.5 Å². The molecule has 3 aliphatic heterocycles. The quantitative estimate of drug-likeness (QED) is 0.744. The molecule has 0 N–H and O–H groups in total. The number of likely N-dealkylation sites (tertiary alicyclic amines) is 1. The van der Waals surface area contributed by atoms with E-state index >= 15 is 0 Å². The van der Waals surface area contributed by atoms with Gasteiger partial charge in [-0.3, -0.25) is 14.5 Å². The smallest absolute Gasteiger partial charge is 0.237 e. The van der Waals surface area contributed by atoms with Crippen molar-refractivity contribution in [3.05, 3.63) is 59.2 Å². The van der Waals surface area contributed by atoms with Crippen molar-refractivity contribution >= 4 is 17.5 Å². The maximum absolute atomic E-state index is 13.1. The normalized spacial score (nSPS) is 19.8. The van der Waals surface area contributed by atoms with E-state index in [0.717, 1.165) is 56.9 Å². The topological polar surface area (TPSA) is 53.1 Å². The van der Waals surface area contributed by atoms with Gasteiger partial charge in [0.1, 0.15) is 12.4 Å². The number of ether oxygens (including phenoxy) is 1. The van der Waals surface area contributed by atoms with E-state index < -0.39 is 0 Å². The predicted octanol–water partition coefficient (Wildman–Crippen LogP) is 2.98. The summed E-state index contributed by atoms with van der Waals surface area (Å²) in [6.07, 6.45) is 2.60. The van der Waals surface area contributed by atoms with Gasteiger partial charge in [0.2, 0.25) is 11.8 Å². The average Bonchev–Trinajstić information content (AvgIpc) is 3.02. The molecule has 0 aromatic heterocycles. The SMILES string of the molecule is CC(=O)N1CCc2cc(OCCN3CCC4(CC3)C(=O)N(C)c3ccccc34)ccc2C1. The first kappa shape index (κ1) is 21.0. The molecular formula is C26H31N3O3. The molecule has 6 heteroatoms. The Hall–Kier alpha value is -2.86. The zero-order chi connectivity index (χ0) is 22.3. The van der Waals surface area contributed by atoms with Gasteiger partial charge in [0.25, 0.3) is 0 Å². The fourth-order valence-electron chi connectivity index (χ4n) is 5.54. The van der Waals surface area contributed by atoms with E-state index in [1.807, 2.05) is 35.0 Å². The number of fused-ring (bicyclic) bond motifs is 3. The molecular weight excluding hydrogens is 402 g/mol. The van der Waals surface area contributed by atoms with Gasteiger partial charge in [0.05, 0.1) is 5.41 Å². The second-order valence-corrected chi connectivity index (χ2v) is 9.27. The number of para-hydroxylation sites is 1. The Balaban J connectivity index is 1.15. The van der Waals surface area contributed by atoms with Crippen molar-refractivity contribution in [2.45, 2.75) is 38.1 Å². The van der Waals surface area contributed by atoms with Crippen LogP contribution in [0.4, 0.5) is 5.69 Å². The van der Waals surface area contributed by atoms with Gasteiger partial charge in [-0.1, -0.05) is 24.3 Å². The zero-order valence-corrected chi connectivity index (χ0v) is 19.0. The third-order valence-corrected chi connectivity index (χ3v) is 7.52. The number of amides is 2. The highest BCUT2D eigenvalue weighted by molar-refractivity contribution is 6.07. The lowest BCUT2D eigenvalue weighted by Crippen LogP contribution is -2.48. The fourth-order valence-corrected chi connectivity index (χ4v) is 5.54. The number of piperidine rings is 1. The maximum Gasteiger partial charge on any atom is 0.237 e. The van der Waals surface area contributed by atoms with E-state index in [1.165, 1.54) is 16.7 Å². The molecule has 0 atom stereocenters. The number of hydrogen-bond acceptors (Lipinski definition) is 4. The van der Waals surface area contributed by atoms with Crippen LogP contribution in [0.1, 0.15) is 36.5 Å². The van der Waals surface area contributed by atoms with Crippen LogP contribution in [0, 0.1) is 0 Å². The van der Waals surface area contributed by atoms with Crippen molar-refractivity contribution in [2.75, 3.05) is 44.7 Å². The Morgan fingerprint density at radius 1 is 1.06 bits per heavy atom. The van der Waals surface area contributed by atoms with Gasteiger partial charge in [0, 0.05) is 39.3 Å². The standard InChI is InChI=1S/C26H31N3O3/c1-19(30)29-12-9-20-17-22(8-7-21(20)18-29)32-16-15-28-13-10-26(11-14-28)23-5-3-4-6-24(23)27(2)25(26)31/h3-8,17H,9-16,18H2,1-2H3. The average molecular weight is 434 g/mol. The van der Waals surface area contributed by atoms with Crippen molar-refractivity contribution in [2.24, 2.45) is 0 Å². The lowest BCUT2D eigenvalue weighted by atomic mass is 9.73. The molecule has 3 heterocycles. The molecule has 1 spiro atoms. The third kappa shape index (κ3) is 3.56. The van der Waals surface area contributed by atoms with Gasteiger partial charge in [0.15, 0.2) is 0 Å². The highest BCUT2D eigenvalue weighted by atomic mass is 16.5. The molecule has 3 aliphatic rings. The number of anilines is 1. The van der Waals surface area contributed by atoms with Crippen molar-refractivity contribution in [3.63, 3.8) is 0 Å². The molecule has 2 aromatic carbocycles. The molecule has 0 bridgehead atoms. The second-order valence-electron chi connectivity index (χ2n) is 9.27. The van der Waals surface area contributed by atoms with Crippen LogP contribution in [-0.2, 0) is 28.0 Å². The minimum atomic E-state index is -0.352. The van der Waals surface area contributed by atoms with Gasteiger partial charge < -0.3 is 14.5 Å². The first-order valence-electron chi connectivity index (χ1n) is 11.6. The third-order valence-electron chi connectivity index (χ3n) is 7.52. The number of carbonyl (C=O) groups excluding carboxylic acids is 2. The van der Waals surface area contributed by atoms with E-state index in [-0.39, 0.29) is 17.2 Å². The Morgan fingerprint density at radius 2 is 1.84 bits per heavy atom. The van der Waals surface area contributed by atoms with E-state index in [4.69, 9.17) is 4.74 Å². The molecule has 0 aliphatic carbocycles. The van der Waals surface area contributed by atoms with Gasteiger partial charge in [-0.15, -0.1) is 0 Å². The van der Waals surface area contributed by atoms with Crippen LogP contribution in [0.25, 0.3) is 0 Å². The summed E-state index contributed by atoms with van der Waals surface area (Å²) in [6.45, 7) is 6.40. The van der Waals surface area contributed by atoms with Crippen LogP contribution in [-0.4, -0.2) is 61.4 Å². The second kappa shape index (κ2) is 8.24. The molecule has 2 aromatic rings. The van der Waals surface area contributed by atoms with E-state index in [0.29, 0.717) is 13.2 Å². The summed E-state index contributed by atoms with van der Waals surface area (Å²) in [5, 5.41) is 0. The first-order chi connectivity index (χ1) is 15.5. The van der Waals surface area contributed by atoms with Gasteiger partial charge in [-0.25, -0.2) is 0 Å².